The van der Waals surface area contributed by atoms with Crippen molar-refractivity contribution < 1.29 is 18.7 Å². The van der Waals surface area contributed by atoms with Crippen molar-refractivity contribution in [2.75, 3.05) is 19.7 Å². The van der Waals surface area contributed by atoms with Gasteiger partial charge in [-0.25, -0.2) is 4.68 Å². The fourth-order valence-corrected chi connectivity index (χ4v) is 3.66. The van der Waals surface area contributed by atoms with Crippen LogP contribution in [-0.2, 0) is 9.53 Å². The van der Waals surface area contributed by atoms with E-state index in [4.69, 9.17) is 9.15 Å². The third-order valence-electron chi connectivity index (χ3n) is 5.11. The summed E-state index contributed by atoms with van der Waals surface area (Å²) in [7, 11) is 0. The summed E-state index contributed by atoms with van der Waals surface area (Å²) in [5.74, 6) is 0.171. The number of amides is 1. The van der Waals surface area contributed by atoms with Gasteiger partial charge in [-0.15, -0.1) is 5.10 Å². The molecule has 156 valence electrons. The van der Waals surface area contributed by atoms with Crippen LogP contribution in [0.3, 0.4) is 0 Å². The Morgan fingerprint density at radius 2 is 2.13 bits per heavy atom. The third-order valence-corrected chi connectivity index (χ3v) is 5.11. The number of hydrogen-bond donors (Lipinski definition) is 0. The highest BCUT2D eigenvalue weighted by atomic mass is 16.5. The molecule has 0 aliphatic carbocycles. The van der Waals surface area contributed by atoms with Crippen molar-refractivity contribution in [2.45, 2.75) is 26.7 Å². The highest BCUT2D eigenvalue weighted by Gasteiger charge is 2.32. The second-order valence-electron chi connectivity index (χ2n) is 7.33. The number of furan rings is 1. The van der Waals surface area contributed by atoms with Crippen molar-refractivity contribution in [1.82, 2.24) is 19.7 Å². The molecule has 3 heterocycles. The third kappa shape index (κ3) is 3.98. The van der Waals surface area contributed by atoms with Crippen LogP contribution in [-0.4, -0.2) is 51.2 Å². The number of esters is 1. The molecule has 1 amide bonds. The van der Waals surface area contributed by atoms with E-state index in [1.165, 1.54) is 0 Å². The Bertz CT molecular complexity index is 1040. The number of nitrogens with zero attached hydrogens (tertiary/aromatic N) is 4. The second-order valence-corrected chi connectivity index (χ2v) is 7.33. The van der Waals surface area contributed by atoms with Crippen molar-refractivity contribution in [1.29, 1.82) is 0 Å². The molecule has 4 rings (SSSR count). The normalized spacial score (nSPS) is 16.5. The molecule has 30 heavy (non-hydrogen) atoms. The number of ether oxygens (including phenoxy) is 1. The number of rotatable bonds is 5. The molecule has 1 atom stereocenters. The Kier molecular flexibility index (Phi) is 5.65. The van der Waals surface area contributed by atoms with Gasteiger partial charge in [0.2, 0.25) is 5.82 Å². The first-order valence-electron chi connectivity index (χ1n) is 10.1. The van der Waals surface area contributed by atoms with Gasteiger partial charge in [-0.2, -0.15) is 4.98 Å². The summed E-state index contributed by atoms with van der Waals surface area (Å²) in [6, 6.07) is 11.3. The minimum absolute atomic E-state index is 0.0763. The summed E-state index contributed by atoms with van der Waals surface area (Å²) in [6.45, 7) is 4.97. The topological polar surface area (TPSA) is 90.5 Å². The lowest BCUT2D eigenvalue weighted by molar-refractivity contribution is -0.149. The van der Waals surface area contributed by atoms with E-state index < -0.39 is 0 Å². The highest BCUT2D eigenvalue weighted by Crippen LogP contribution is 2.24. The Morgan fingerprint density at radius 1 is 1.27 bits per heavy atom. The number of benzene rings is 1. The predicted molar refractivity (Wildman–Crippen MR) is 109 cm³/mol. The molecule has 0 bridgehead atoms. The molecule has 8 nitrogen and oxygen atoms in total. The van der Waals surface area contributed by atoms with E-state index in [0.29, 0.717) is 37.7 Å². The average Bonchev–Trinajstić information content (AvgIpc) is 3.43. The van der Waals surface area contributed by atoms with Crippen LogP contribution in [0.15, 0.2) is 47.1 Å². The lowest BCUT2D eigenvalue weighted by atomic mass is 9.98. The van der Waals surface area contributed by atoms with E-state index in [-0.39, 0.29) is 23.6 Å². The van der Waals surface area contributed by atoms with Gasteiger partial charge in [0.1, 0.15) is 0 Å². The molecule has 1 aromatic carbocycles. The number of aromatic nitrogens is 3. The number of carbonyl (C=O) groups excluding carboxylic acids is 2. The van der Waals surface area contributed by atoms with Gasteiger partial charge in [0.25, 0.3) is 5.91 Å². The summed E-state index contributed by atoms with van der Waals surface area (Å²) in [6.07, 6.45) is 3.00. The summed E-state index contributed by atoms with van der Waals surface area (Å²) in [5, 5.41) is 4.50. The largest absolute Gasteiger partial charge is 0.466 e. The van der Waals surface area contributed by atoms with Crippen LogP contribution >= 0.6 is 0 Å². The van der Waals surface area contributed by atoms with Gasteiger partial charge in [0.05, 0.1) is 24.5 Å². The maximum absolute atomic E-state index is 13.2. The highest BCUT2D eigenvalue weighted by molar-refractivity contribution is 5.91. The van der Waals surface area contributed by atoms with Gasteiger partial charge >= 0.3 is 5.97 Å². The Balaban J connectivity index is 1.65. The van der Waals surface area contributed by atoms with E-state index in [1.807, 2.05) is 31.2 Å². The zero-order valence-corrected chi connectivity index (χ0v) is 17.1. The van der Waals surface area contributed by atoms with E-state index in [9.17, 15) is 9.59 Å². The molecule has 1 aliphatic heterocycles. The number of piperidine rings is 1. The Hall–Kier alpha value is -3.42. The van der Waals surface area contributed by atoms with E-state index in [1.54, 1.807) is 34.9 Å². The van der Waals surface area contributed by atoms with Crippen LogP contribution in [0, 0.1) is 12.8 Å². The molecular formula is C22H24N4O4. The van der Waals surface area contributed by atoms with Crippen LogP contribution in [0.25, 0.3) is 17.3 Å². The van der Waals surface area contributed by atoms with Crippen molar-refractivity contribution in [3.63, 3.8) is 0 Å². The monoisotopic (exact) mass is 408 g/mol. The van der Waals surface area contributed by atoms with Gasteiger partial charge in [-0.1, -0.05) is 12.1 Å². The van der Waals surface area contributed by atoms with Crippen LogP contribution < -0.4 is 0 Å². The second kappa shape index (κ2) is 8.52. The molecule has 8 heteroatoms. The predicted octanol–water partition coefficient (Wildman–Crippen LogP) is 3.25. The van der Waals surface area contributed by atoms with Gasteiger partial charge in [-0.05, 0) is 56.5 Å². The molecular weight excluding hydrogens is 384 g/mol. The van der Waals surface area contributed by atoms with E-state index >= 15 is 0 Å². The smallest absolute Gasteiger partial charge is 0.310 e. The molecule has 2 aromatic heterocycles. The number of hydrogen-bond acceptors (Lipinski definition) is 6. The summed E-state index contributed by atoms with van der Waals surface area (Å²) < 4.78 is 12.3. The SMILES string of the molecule is CCOC(=O)C1CCCN(C(=O)c2nc(-c3ccco3)n(-c3cccc(C)c3)n2)C1. The zero-order chi connectivity index (χ0) is 21.1. The molecule has 1 unspecified atom stereocenters. The van der Waals surface area contributed by atoms with Crippen LogP contribution in [0.5, 0.6) is 0 Å². The Labute approximate surface area is 174 Å². The number of likely N-dealkylation sites (tertiary alicyclic amines) is 1. The quantitative estimate of drug-likeness (QED) is 0.602. The summed E-state index contributed by atoms with van der Waals surface area (Å²) >= 11 is 0. The molecule has 0 N–H and O–H groups in total. The Morgan fingerprint density at radius 3 is 2.87 bits per heavy atom. The fraction of sp³-hybridized carbons (Fsp3) is 0.364. The maximum Gasteiger partial charge on any atom is 0.310 e. The first-order chi connectivity index (χ1) is 14.6. The molecule has 0 saturated carbocycles. The van der Waals surface area contributed by atoms with Crippen molar-refractivity contribution in [3.05, 3.63) is 54.0 Å². The van der Waals surface area contributed by atoms with Crippen LogP contribution in [0.2, 0.25) is 0 Å². The maximum atomic E-state index is 13.2. The minimum Gasteiger partial charge on any atom is -0.466 e. The average molecular weight is 408 g/mol. The molecule has 0 radical (unpaired) electrons. The first-order valence-corrected chi connectivity index (χ1v) is 10.1. The van der Waals surface area contributed by atoms with Crippen molar-refractivity contribution in [2.24, 2.45) is 5.92 Å². The number of carbonyl (C=O) groups is 2. The standard InChI is InChI=1S/C22H24N4O4/c1-3-29-22(28)16-8-5-11-25(14-16)21(27)19-23-20(18-10-6-12-30-18)26(24-19)17-9-4-7-15(2)13-17/h4,6-7,9-10,12-13,16H,3,5,8,11,14H2,1-2H3. The minimum atomic E-state index is -0.314. The van der Waals surface area contributed by atoms with Crippen LogP contribution in [0.1, 0.15) is 35.9 Å². The molecule has 1 fully saturated rings. The first kappa shape index (κ1) is 19.9. The molecule has 1 saturated heterocycles. The summed E-state index contributed by atoms with van der Waals surface area (Å²) in [4.78, 5) is 31.4. The van der Waals surface area contributed by atoms with Gasteiger partial charge < -0.3 is 14.1 Å². The zero-order valence-electron chi connectivity index (χ0n) is 17.1. The molecule has 0 spiro atoms. The lowest BCUT2D eigenvalue weighted by Gasteiger charge is -2.30. The molecule has 1 aliphatic rings. The van der Waals surface area contributed by atoms with E-state index in [2.05, 4.69) is 10.1 Å². The number of aryl methyl sites for hydroxylation is 1. The van der Waals surface area contributed by atoms with Crippen molar-refractivity contribution >= 4 is 11.9 Å². The molecule has 3 aromatic rings. The lowest BCUT2D eigenvalue weighted by Crippen LogP contribution is -2.43. The van der Waals surface area contributed by atoms with Gasteiger partial charge in [-0.3, -0.25) is 9.59 Å². The van der Waals surface area contributed by atoms with Gasteiger partial charge in [0.15, 0.2) is 11.6 Å². The van der Waals surface area contributed by atoms with Crippen LogP contribution in [0.4, 0.5) is 0 Å². The van der Waals surface area contributed by atoms with E-state index in [0.717, 1.165) is 17.7 Å². The van der Waals surface area contributed by atoms with Crippen molar-refractivity contribution in [3.8, 4) is 17.3 Å². The van der Waals surface area contributed by atoms with Gasteiger partial charge in [0, 0.05) is 13.1 Å². The fourth-order valence-electron chi connectivity index (χ4n) is 3.66. The summed E-state index contributed by atoms with van der Waals surface area (Å²) in [5.41, 5.74) is 1.85.